The van der Waals surface area contributed by atoms with Crippen molar-refractivity contribution in [1.29, 1.82) is 0 Å². The molecule has 18 heavy (non-hydrogen) atoms. The van der Waals surface area contributed by atoms with Crippen LogP contribution in [0.15, 0.2) is 12.1 Å². The van der Waals surface area contributed by atoms with E-state index in [1.54, 1.807) is 6.07 Å². The molecule has 4 nitrogen and oxygen atoms in total. The van der Waals surface area contributed by atoms with Crippen LogP contribution in [0.5, 0.6) is 11.5 Å². The van der Waals surface area contributed by atoms with Gasteiger partial charge in [-0.25, -0.2) is 0 Å². The number of fused-ring (bicyclic) bond motifs is 1. The second-order valence-corrected chi connectivity index (χ2v) is 5.86. The van der Waals surface area contributed by atoms with Crippen molar-refractivity contribution in [2.24, 2.45) is 5.41 Å². The Kier molecular flexibility index (Phi) is 2.61. The number of aliphatic hydroxyl groups excluding tert-OH is 1. The topological polar surface area (TPSA) is 50.7 Å². The molecule has 0 aromatic heterocycles. The summed E-state index contributed by atoms with van der Waals surface area (Å²) in [5.74, 6) is 1.39. The lowest BCUT2D eigenvalue weighted by Gasteiger charge is -2.50. The molecule has 98 valence electrons. The largest absolute Gasteiger partial charge is 0.454 e. The summed E-state index contributed by atoms with van der Waals surface area (Å²) in [5.41, 5.74) is 0.686. The molecular formula is C13H16ClNO3. The first kappa shape index (κ1) is 11.9. The Hall–Kier alpha value is -1.13. The maximum absolute atomic E-state index is 9.73. The molecule has 3 rings (SSSR count). The fourth-order valence-electron chi connectivity index (χ4n) is 2.36. The van der Waals surface area contributed by atoms with Crippen molar-refractivity contribution in [3.63, 3.8) is 0 Å². The molecule has 1 saturated carbocycles. The Bertz CT molecular complexity index is 489. The molecule has 2 unspecified atom stereocenters. The summed E-state index contributed by atoms with van der Waals surface area (Å²) in [6, 6.07) is 3.82. The minimum absolute atomic E-state index is 0.139. The van der Waals surface area contributed by atoms with Gasteiger partial charge in [0, 0.05) is 23.6 Å². The van der Waals surface area contributed by atoms with Gasteiger partial charge in [0.15, 0.2) is 11.5 Å². The van der Waals surface area contributed by atoms with Crippen molar-refractivity contribution in [1.82, 2.24) is 0 Å². The Morgan fingerprint density at radius 1 is 1.33 bits per heavy atom. The zero-order valence-corrected chi connectivity index (χ0v) is 11.1. The number of benzene rings is 1. The Morgan fingerprint density at radius 2 is 2.00 bits per heavy atom. The number of hydrogen-bond donors (Lipinski definition) is 2. The van der Waals surface area contributed by atoms with E-state index in [-0.39, 0.29) is 24.4 Å². The van der Waals surface area contributed by atoms with E-state index in [1.165, 1.54) is 0 Å². The summed E-state index contributed by atoms with van der Waals surface area (Å²) < 4.78 is 10.6. The molecular weight excluding hydrogens is 254 g/mol. The van der Waals surface area contributed by atoms with Crippen LogP contribution in [0, 0.1) is 5.41 Å². The molecule has 0 radical (unpaired) electrons. The third-order valence-electron chi connectivity index (χ3n) is 4.01. The molecule has 0 amide bonds. The second kappa shape index (κ2) is 3.93. The van der Waals surface area contributed by atoms with Crippen molar-refractivity contribution in [2.75, 3.05) is 12.1 Å². The van der Waals surface area contributed by atoms with E-state index in [1.807, 2.05) is 19.9 Å². The molecule has 2 aliphatic rings. The summed E-state index contributed by atoms with van der Waals surface area (Å²) in [6.07, 6.45) is 0.473. The number of rotatable bonds is 2. The van der Waals surface area contributed by atoms with Gasteiger partial charge in [-0.15, -0.1) is 0 Å². The second-order valence-electron chi connectivity index (χ2n) is 5.46. The Morgan fingerprint density at radius 3 is 2.61 bits per heavy atom. The average Bonchev–Trinajstić information content (AvgIpc) is 2.76. The molecule has 0 saturated heterocycles. The smallest absolute Gasteiger partial charge is 0.231 e. The van der Waals surface area contributed by atoms with E-state index in [4.69, 9.17) is 21.1 Å². The molecule has 0 spiro atoms. The summed E-state index contributed by atoms with van der Waals surface area (Å²) in [7, 11) is 0. The summed E-state index contributed by atoms with van der Waals surface area (Å²) >= 11 is 6.20. The SMILES string of the molecule is CC1(C)C(O)CC1Nc1cc2c(cc1Cl)OCO2. The van der Waals surface area contributed by atoms with Crippen LogP contribution in [-0.2, 0) is 0 Å². The fourth-order valence-corrected chi connectivity index (χ4v) is 2.57. The fraction of sp³-hybridized carbons (Fsp3) is 0.538. The maximum Gasteiger partial charge on any atom is 0.231 e. The van der Waals surface area contributed by atoms with Crippen LogP contribution in [0.1, 0.15) is 20.3 Å². The maximum atomic E-state index is 9.73. The van der Waals surface area contributed by atoms with E-state index < -0.39 is 0 Å². The number of halogens is 1. The van der Waals surface area contributed by atoms with Gasteiger partial charge in [-0.3, -0.25) is 0 Å². The average molecular weight is 270 g/mol. The zero-order valence-electron chi connectivity index (χ0n) is 10.4. The normalized spacial score (nSPS) is 27.8. The highest BCUT2D eigenvalue weighted by Gasteiger charge is 2.47. The number of hydrogen-bond acceptors (Lipinski definition) is 4. The van der Waals surface area contributed by atoms with E-state index in [2.05, 4.69) is 5.32 Å². The summed E-state index contributed by atoms with van der Waals surface area (Å²) in [5, 5.41) is 13.7. The van der Waals surface area contributed by atoms with Crippen molar-refractivity contribution >= 4 is 17.3 Å². The Labute approximate surface area is 111 Å². The van der Waals surface area contributed by atoms with Gasteiger partial charge >= 0.3 is 0 Å². The van der Waals surface area contributed by atoms with Crippen LogP contribution in [0.2, 0.25) is 5.02 Å². The van der Waals surface area contributed by atoms with Crippen molar-refractivity contribution in [3.8, 4) is 11.5 Å². The van der Waals surface area contributed by atoms with Gasteiger partial charge in [-0.2, -0.15) is 0 Å². The zero-order chi connectivity index (χ0) is 12.9. The predicted molar refractivity (Wildman–Crippen MR) is 69.4 cm³/mol. The number of nitrogens with one attached hydrogen (secondary N) is 1. The molecule has 5 heteroatoms. The third-order valence-corrected chi connectivity index (χ3v) is 4.32. The highest BCUT2D eigenvalue weighted by molar-refractivity contribution is 6.33. The molecule has 0 bridgehead atoms. The molecule has 1 aromatic rings. The van der Waals surface area contributed by atoms with Crippen LogP contribution in [0.3, 0.4) is 0 Å². The van der Waals surface area contributed by atoms with Crippen molar-refractivity contribution < 1.29 is 14.6 Å². The third kappa shape index (κ3) is 1.71. The van der Waals surface area contributed by atoms with Gasteiger partial charge in [0.25, 0.3) is 0 Å². The van der Waals surface area contributed by atoms with Crippen molar-refractivity contribution in [3.05, 3.63) is 17.2 Å². The first-order chi connectivity index (χ1) is 8.48. The lowest BCUT2D eigenvalue weighted by atomic mass is 9.64. The molecule has 2 N–H and O–H groups in total. The standard InChI is InChI=1S/C13H16ClNO3/c1-13(2)11(5-12(13)16)15-8-4-10-9(3-7(8)14)17-6-18-10/h3-4,11-12,15-16H,5-6H2,1-2H3. The molecule has 1 aromatic carbocycles. The molecule has 2 atom stereocenters. The van der Waals surface area contributed by atoms with E-state index >= 15 is 0 Å². The number of aliphatic hydroxyl groups is 1. The van der Waals surface area contributed by atoms with Gasteiger partial charge in [0.05, 0.1) is 16.8 Å². The van der Waals surface area contributed by atoms with Gasteiger partial charge < -0.3 is 19.9 Å². The van der Waals surface area contributed by atoms with E-state index in [0.29, 0.717) is 16.5 Å². The Balaban J connectivity index is 1.82. The van der Waals surface area contributed by atoms with Gasteiger partial charge in [-0.1, -0.05) is 25.4 Å². The van der Waals surface area contributed by atoms with Crippen LogP contribution in [-0.4, -0.2) is 24.0 Å². The van der Waals surface area contributed by atoms with E-state index in [9.17, 15) is 5.11 Å². The lowest BCUT2D eigenvalue weighted by molar-refractivity contribution is -0.0510. The van der Waals surface area contributed by atoms with Crippen LogP contribution >= 0.6 is 11.6 Å². The monoisotopic (exact) mass is 269 g/mol. The van der Waals surface area contributed by atoms with Gasteiger partial charge in [0.2, 0.25) is 6.79 Å². The minimum atomic E-state index is -0.261. The summed E-state index contributed by atoms with van der Waals surface area (Å²) in [6.45, 7) is 4.32. The first-order valence-corrected chi connectivity index (χ1v) is 6.40. The number of ether oxygens (including phenoxy) is 2. The summed E-state index contributed by atoms with van der Waals surface area (Å²) in [4.78, 5) is 0. The molecule has 1 aliphatic carbocycles. The molecule has 1 fully saturated rings. The quantitative estimate of drug-likeness (QED) is 0.867. The van der Waals surface area contributed by atoms with Crippen LogP contribution in [0.25, 0.3) is 0 Å². The van der Waals surface area contributed by atoms with Crippen LogP contribution in [0.4, 0.5) is 5.69 Å². The minimum Gasteiger partial charge on any atom is -0.454 e. The molecule has 1 heterocycles. The highest BCUT2D eigenvalue weighted by Crippen LogP contribution is 2.45. The van der Waals surface area contributed by atoms with Crippen molar-refractivity contribution in [2.45, 2.75) is 32.4 Å². The van der Waals surface area contributed by atoms with Gasteiger partial charge in [-0.05, 0) is 6.42 Å². The molecule has 1 aliphatic heterocycles. The highest BCUT2D eigenvalue weighted by atomic mass is 35.5. The van der Waals surface area contributed by atoms with Gasteiger partial charge in [0.1, 0.15) is 0 Å². The number of anilines is 1. The van der Waals surface area contributed by atoms with E-state index in [0.717, 1.165) is 12.1 Å². The first-order valence-electron chi connectivity index (χ1n) is 6.02. The lowest BCUT2D eigenvalue weighted by Crippen LogP contribution is -2.56. The van der Waals surface area contributed by atoms with Crippen LogP contribution < -0.4 is 14.8 Å². The predicted octanol–water partition coefficient (Wildman–Crippen LogP) is 2.64.